The molecule has 2 unspecified atom stereocenters. The Balaban J connectivity index is 2.56. The van der Waals surface area contributed by atoms with Crippen LogP contribution in [0, 0.1) is 11.5 Å². The molecule has 56 valence electrons. The lowest BCUT2D eigenvalue weighted by molar-refractivity contribution is 0.174. The Morgan fingerprint density at radius 3 is 2.10 bits per heavy atom. The van der Waals surface area contributed by atoms with Gasteiger partial charge in [-0.3, -0.25) is 0 Å². The fourth-order valence-corrected chi connectivity index (χ4v) is 1.62. The van der Waals surface area contributed by atoms with Gasteiger partial charge in [0.2, 0.25) is 0 Å². The van der Waals surface area contributed by atoms with Gasteiger partial charge in [0.1, 0.15) is 0 Å². The lowest BCUT2D eigenvalue weighted by Crippen LogP contribution is -2.39. The standard InChI is InChI=1S/C8H14N2/c1-7-4-3-5-8(2)10(7)6-9/h7-8H,3-5H2,1-2H3. The van der Waals surface area contributed by atoms with Gasteiger partial charge >= 0.3 is 0 Å². The number of hydrogen-bond donors (Lipinski definition) is 0. The highest BCUT2D eigenvalue weighted by Gasteiger charge is 2.22. The summed E-state index contributed by atoms with van der Waals surface area (Å²) in [4.78, 5) is 1.91. The van der Waals surface area contributed by atoms with Crippen molar-refractivity contribution in [1.29, 1.82) is 5.26 Å². The van der Waals surface area contributed by atoms with Crippen molar-refractivity contribution in [3.05, 3.63) is 0 Å². The third-order valence-electron chi connectivity index (χ3n) is 2.31. The molecule has 0 radical (unpaired) electrons. The van der Waals surface area contributed by atoms with E-state index in [4.69, 9.17) is 5.26 Å². The maximum absolute atomic E-state index is 8.71. The molecule has 0 bridgehead atoms. The van der Waals surface area contributed by atoms with Crippen LogP contribution < -0.4 is 0 Å². The Morgan fingerprint density at radius 1 is 1.30 bits per heavy atom. The molecular weight excluding hydrogens is 124 g/mol. The highest BCUT2D eigenvalue weighted by molar-refractivity contribution is 4.87. The first-order chi connectivity index (χ1) is 4.75. The molecule has 1 heterocycles. The van der Waals surface area contributed by atoms with Crippen LogP contribution in [0.15, 0.2) is 0 Å². The van der Waals surface area contributed by atoms with Gasteiger partial charge < -0.3 is 4.90 Å². The van der Waals surface area contributed by atoms with Gasteiger partial charge in [0.05, 0.1) is 0 Å². The molecule has 0 N–H and O–H groups in total. The first-order valence-electron chi connectivity index (χ1n) is 3.93. The molecule has 1 rings (SSSR count). The summed E-state index contributed by atoms with van der Waals surface area (Å²) < 4.78 is 0. The van der Waals surface area contributed by atoms with Crippen LogP contribution in [0.1, 0.15) is 33.1 Å². The quantitative estimate of drug-likeness (QED) is 0.477. The number of hydrogen-bond acceptors (Lipinski definition) is 2. The number of piperidine rings is 1. The average molecular weight is 138 g/mol. The van der Waals surface area contributed by atoms with E-state index >= 15 is 0 Å². The Morgan fingerprint density at radius 2 is 1.80 bits per heavy atom. The molecule has 2 heteroatoms. The normalized spacial score (nSPS) is 33.5. The summed E-state index contributed by atoms with van der Waals surface area (Å²) in [5.74, 6) is 0. The van der Waals surface area contributed by atoms with Crippen molar-refractivity contribution in [3.8, 4) is 6.19 Å². The van der Waals surface area contributed by atoms with Gasteiger partial charge in [0.25, 0.3) is 0 Å². The minimum absolute atomic E-state index is 0.466. The van der Waals surface area contributed by atoms with E-state index in [1.807, 2.05) is 4.90 Å². The zero-order valence-electron chi connectivity index (χ0n) is 6.67. The molecule has 0 spiro atoms. The van der Waals surface area contributed by atoms with Crippen molar-refractivity contribution in [3.63, 3.8) is 0 Å². The Kier molecular flexibility index (Phi) is 2.16. The fraction of sp³-hybridized carbons (Fsp3) is 0.875. The van der Waals surface area contributed by atoms with Crippen LogP contribution >= 0.6 is 0 Å². The molecule has 0 amide bonds. The molecule has 1 aliphatic rings. The fourth-order valence-electron chi connectivity index (χ4n) is 1.62. The van der Waals surface area contributed by atoms with Crippen molar-refractivity contribution >= 4 is 0 Å². The van der Waals surface area contributed by atoms with Gasteiger partial charge in [-0.1, -0.05) is 0 Å². The summed E-state index contributed by atoms with van der Waals surface area (Å²) in [6, 6.07) is 0.933. The Labute approximate surface area is 62.4 Å². The zero-order valence-corrected chi connectivity index (χ0v) is 6.67. The summed E-state index contributed by atoms with van der Waals surface area (Å²) in [6.07, 6.45) is 5.87. The highest BCUT2D eigenvalue weighted by Crippen LogP contribution is 2.20. The summed E-state index contributed by atoms with van der Waals surface area (Å²) in [5, 5.41) is 8.71. The molecule has 0 aromatic carbocycles. The van der Waals surface area contributed by atoms with Crippen molar-refractivity contribution in [2.75, 3.05) is 0 Å². The second-order valence-corrected chi connectivity index (χ2v) is 3.14. The van der Waals surface area contributed by atoms with Crippen molar-refractivity contribution in [2.24, 2.45) is 0 Å². The molecule has 0 aromatic heterocycles. The van der Waals surface area contributed by atoms with E-state index in [1.165, 1.54) is 19.3 Å². The molecule has 2 nitrogen and oxygen atoms in total. The van der Waals surface area contributed by atoms with Crippen LogP contribution in [-0.4, -0.2) is 17.0 Å². The molecule has 0 aliphatic carbocycles. The lowest BCUT2D eigenvalue weighted by Gasteiger charge is -2.34. The minimum atomic E-state index is 0.466. The first kappa shape index (κ1) is 7.40. The Bertz CT molecular complexity index is 138. The van der Waals surface area contributed by atoms with Crippen LogP contribution in [-0.2, 0) is 0 Å². The summed E-state index contributed by atoms with van der Waals surface area (Å²) >= 11 is 0. The second-order valence-electron chi connectivity index (χ2n) is 3.14. The van der Waals surface area contributed by atoms with Crippen LogP contribution in [0.2, 0.25) is 0 Å². The predicted molar refractivity (Wildman–Crippen MR) is 40.2 cm³/mol. The summed E-state index contributed by atoms with van der Waals surface area (Å²) in [5.41, 5.74) is 0. The number of likely N-dealkylation sites (tertiary alicyclic amines) is 1. The number of rotatable bonds is 0. The van der Waals surface area contributed by atoms with E-state index < -0.39 is 0 Å². The lowest BCUT2D eigenvalue weighted by atomic mass is 9.99. The molecule has 0 saturated carbocycles. The summed E-state index contributed by atoms with van der Waals surface area (Å²) in [6.45, 7) is 4.25. The SMILES string of the molecule is CC1CCCC(C)N1C#N. The molecule has 2 atom stereocenters. The predicted octanol–water partition coefficient (Wildman–Crippen LogP) is 1.73. The molecule has 10 heavy (non-hydrogen) atoms. The smallest absolute Gasteiger partial charge is 0.179 e. The second kappa shape index (κ2) is 2.92. The highest BCUT2D eigenvalue weighted by atomic mass is 15.2. The maximum atomic E-state index is 8.71. The molecule has 1 fully saturated rings. The average Bonchev–Trinajstić information content (AvgIpc) is 1.88. The summed E-state index contributed by atoms with van der Waals surface area (Å²) in [7, 11) is 0. The van der Waals surface area contributed by atoms with E-state index in [2.05, 4.69) is 20.0 Å². The van der Waals surface area contributed by atoms with Crippen molar-refractivity contribution < 1.29 is 0 Å². The molecule has 0 aromatic rings. The van der Waals surface area contributed by atoms with E-state index in [0.29, 0.717) is 12.1 Å². The number of nitrogens with zero attached hydrogens (tertiary/aromatic N) is 2. The van der Waals surface area contributed by atoms with Gasteiger partial charge in [-0.15, -0.1) is 0 Å². The van der Waals surface area contributed by atoms with Gasteiger partial charge in [-0.05, 0) is 33.1 Å². The van der Waals surface area contributed by atoms with Crippen molar-refractivity contribution in [2.45, 2.75) is 45.2 Å². The van der Waals surface area contributed by atoms with Gasteiger partial charge in [0.15, 0.2) is 6.19 Å². The Hall–Kier alpha value is -0.710. The van der Waals surface area contributed by atoms with E-state index in [9.17, 15) is 0 Å². The van der Waals surface area contributed by atoms with Crippen molar-refractivity contribution in [1.82, 2.24) is 4.90 Å². The molecular formula is C8H14N2. The van der Waals surface area contributed by atoms with Crippen LogP contribution in [0.4, 0.5) is 0 Å². The topological polar surface area (TPSA) is 27.0 Å². The largest absolute Gasteiger partial charge is 0.305 e. The zero-order chi connectivity index (χ0) is 7.56. The van der Waals surface area contributed by atoms with E-state index in [0.717, 1.165) is 0 Å². The monoisotopic (exact) mass is 138 g/mol. The van der Waals surface area contributed by atoms with Gasteiger partial charge in [0, 0.05) is 12.1 Å². The third kappa shape index (κ3) is 1.23. The van der Waals surface area contributed by atoms with Crippen LogP contribution in [0.5, 0.6) is 0 Å². The molecule has 1 aliphatic heterocycles. The van der Waals surface area contributed by atoms with E-state index in [-0.39, 0.29) is 0 Å². The first-order valence-corrected chi connectivity index (χ1v) is 3.93. The minimum Gasteiger partial charge on any atom is -0.305 e. The van der Waals surface area contributed by atoms with Gasteiger partial charge in [-0.2, -0.15) is 5.26 Å². The van der Waals surface area contributed by atoms with E-state index in [1.54, 1.807) is 0 Å². The maximum Gasteiger partial charge on any atom is 0.179 e. The molecule has 1 saturated heterocycles. The van der Waals surface area contributed by atoms with Crippen LogP contribution in [0.25, 0.3) is 0 Å². The third-order valence-corrected chi connectivity index (χ3v) is 2.31. The number of nitriles is 1. The van der Waals surface area contributed by atoms with Crippen LogP contribution in [0.3, 0.4) is 0 Å². The van der Waals surface area contributed by atoms with Gasteiger partial charge in [-0.25, -0.2) is 0 Å².